The summed E-state index contributed by atoms with van der Waals surface area (Å²) in [4.78, 5) is 0. The van der Waals surface area contributed by atoms with Crippen LogP contribution in [0.3, 0.4) is 0 Å². The molecule has 0 heterocycles. The molecule has 2 aliphatic rings. The largest absolute Gasteiger partial charge is 0.0795 e. The van der Waals surface area contributed by atoms with Gasteiger partial charge in [-0.15, -0.1) is 0 Å². The molecule has 0 saturated carbocycles. The van der Waals surface area contributed by atoms with E-state index in [4.69, 9.17) is 0 Å². The van der Waals surface area contributed by atoms with Gasteiger partial charge in [0, 0.05) is 0 Å². The lowest BCUT2D eigenvalue weighted by molar-refractivity contribution is 1.25. The predicted octanol–water partition coefficient (Wildman–Crippen LogP) is 2.83. The highest BCUT2D eigenvalue weighted by atomic mass is 14.2. The van der Waals surface area contributed by atoms with E-state index >= 15 is 0 Å². The molecule has 0 atom stereocenters. The lowest BCUT2D eigenvalue weighted by Gasteiger charge is -2.04. The number of hydrogen-bond donors (Lipinski definition) is 0. The van der Waals surface area contributed by atoms with Gasteiger partial charge < -0.3 is 0 Å². The molecule has 0 amide bonds. The van der Waals surface area contributed by atoms with E-state index in [-0.39, 0.29) is 0 Å². The third-order valence-electron chi connectivity index (χ3n) is 2.71. The van der Waals surface area contributed by atoms with Crippen molar-refractivity contribution in [3.63, 3.8) is 0 Å². The summed E-state index contributed by atoms with van der Waals surface area (Å²) >= 11 is 0. The van der Waals surface area contributed by atoms with Gasteiger partial charge in [-0.1, -0.05) is 36.4 Å². The molecule has 0 unspecified atom stereocenters. The van der Waals surface area contributed by atoms with Crippen LogP contribution >= 0.6 is 0 Å². The van der Waals surface area contributed by atoms with Crippen molar-refractivity contribution in [2.45, 2.75) is 12.8 Å². The van der Waals surface area contributed by atoms with E-state index in [1.807, 2.05) is 0 Å². The number of hydrogen-bond acceptors (Lipinski definition) is 0. The molecule has 0 spiro atoms. The van der Waals surface area contributed by atoms with Gasteiger partial charge in [-0.3, -0.25) is 0 Å². The second kappa shape index (κ2) is 2.10. The highest BCUT2D eigenvalue weighted by Crippen LogP contribution is 2.30. The van der Waals surface area contributed by atoms with Crippen molar-refractivity contribution in [1.29, 1.82) is 0 Å². The van der Waals surface area contributed by atoms with Crippen molar-refractivity contribution >= 4 is 12.2 Å². The molecule has 2 aliphatic carbocycles. The summed E-state index contributed by atoms with van der Waals surface area (Å²) in [5, 5.41) is 0. The molecule has 0 nitrogen and oxygen atoms in total. The average molecular weight is 154 g/mol. The van der Waals surface area contributed by atoms with E-state index < -0.39 is 0 Å². The van der Waals surface area contributed by atoms with Gasteiger partial charge in [0.1, 0.15) is 0 Å². The van der Waals surface area contributed by atoms with Crippen LogP contribution in [0.1, 0.15) is 22.3 Å². The molecule has 58 valence electrons. The molecule has 3 rings (SSSR count). The lowest BCUT2D eigenvalue weighted by Crippen LogP contribution is -1.88. The number of fused-ring (bicyclic) bond motifs is 3. The summed E-state index contributed by atoms with van der Waals surface area (Å²) in [6.45, 7) is 0. The molecule has 12 heavy (non-hydrogen) atoms. The van der Waals surface area contributed by atoms with E-state index in [9.17, 15) is 0 Å². The van der Waals surface area contributed by atoms with Crippen molar-refractivity contribution in [3.05, 3.63) is 46.5 Å². The van der Waals surface area contributed by atoms with Crippen LogP contribution in [0.2, 0.25) is 0 Å². The zero-order valence-corrected chi connectivity index (χ0v) is 6.88. The topological polar surface area (TPSA) is 0 Å². The van der Waals surface area contributed by atoms with Crippen LogP contribution in [-0.2, 0) is 12.8 Å². The zero-order valence-electron chi connectivity index (χ0n) is 6.88. The minimum absolute atomic E-state index is 1.12. The van der Waals surface area contributed by atoms with Gasteiger partial charge >= 0.3 is 0 Å². The number of benzene rings is 1. The maximum atomic E-state index is 2.27. The minimum atomic E-state index is 1.12. The lowest BCUT2D eigenvalue weighted by atomic mass is 10.00. The van der Waals surface area contributed by atoms with Crippen molar-refractivity contribution < 1.29 is 0 Å². The standard InChI is InChI=1S/C12H10/c1-3-9-7-8-10-4-2-6-12(10)11(9)5-1/h1-2,5-8H,3-4H2. The van der Waals surface area contributed by atoms with E-state index in [0.29, 0.717) is 0 Å². The Balaban J connectivity index is 2.35. The normalized spacial score (nSPS) is 16.7. The van der Waals surface area contributed by atoms with Crippen LogP contribution in [0.5, 0.6) is 0 Å². The van der Waals surface area contributed by atoms with Crippen molar-refractivity contribution in [3.8, 4) is 0 Å². The monoisotopic (exact) mass is 154 g/mol. The van der Waals surface area contributed by atoms with Gasteiger partial charge in [0.25, 0.3) is 0 Å². The highest BCUT2D eigenvalue weighted by Gasteiger charge is 2.13. The van der Waals surface area contributed by atoms with Crippen LogP contribution in [0.4, 0.5) is 0 Å². The molecule has 0 fully saturated rings. The molecule has 0 aliphatic heterocycles. The van der Waals surface area contributed by atoms with E-state index in [0.717, 1.165) is 12.8 Å². The van der Waals surface area contributed by atoms with E-state index in [1.54, 1.807) is 0 Å². The first kappa shape index (κ1) is 6.24. The van der Waals surface area contributed by atoms with Crippen molar-refractivity contribution in [1.82, 2.24) is 0 Å². The minimum Gasteiger partial charge on any atom is -0.0795 e. The van der Waals surface area contributed by atoms with E-state index in [1.165, 1.54) is 22.3 Å². The number of rotatable bonds is 0. The maximum Gasteiger partial charge on any atom is -0.00879 e. The fourth-order valence-corrected chi connectivity index (χ4v) is 2.08. The molecule has 0 aromatic heterocycles. The van der Waals surface area contributed by atoms with Gasteiger partial charge in [0.05, 0.1) is 0 Å². The smallest absolute Gasteiger partial charge is 0.00879 e. The van der Waals surface area contributed by atoms with Gasteiger partial charge in [-0.2, -0.15) is 0 Å². The Bertz CT molecular complexity index is 356. The van der Waals surface area contributed by atoms with Crippen LogP contribution in [0, 0.1) is 0 Å². The Hall–Kier alpha value is -1.30. The Labute approximate surface area is 72.2 Å². The second-order valence-electron chi connectivity index (χ2n) is 3.42. The predicted molar refractivity (Wildman–Crippen MR) is 51.9 cm³/mol. The summed E-state index contributed by atoms with van der Waals surface area (Å²) in [6, 6.07) is 4.53. The van der Waals surface area contributed by atoms with Crippen molar-refractivity contribution in [2.24, 2.45) is 0 Å². The quantitative estimate of drug-likeness (QED) is 0.539. The third kappa shape index (κ3) is 0.672. The van der Waals surface area contributed by atoms with E-state index in [2.05, 4.69) is 36.4 Å². The fourth-order valence-electron chi connectivity index (χ4n) is 2.08. The third-order valence-corrected chi connectivity index (χ3v) is 2.71. The summed E-state index contributed by atoms with van der Waals surface area (Å²) < 4.78 is 0. The molecular weight excluding hydrogens is 144 g/mol. The fraction of sp³-hybridized carbons (Fsp3) is 0.167. The Morgan fingerprint density at radius 2 is 1.25 bits per heavy atom. The zero-order chi connectivity index (χ0) is 7.97. The SMILES string of the molecule is C1=Cc2c(ccc3c2C=CC3)C1. The van der Waals surface area contributed by atoms with Gasteiger partial charge in [-0.05, 0) is 35.1 Å². The van der Waals surface area contributed by atoms with Gasteiger partial charge in [-0.25, -0.2) is 0 Å². The highest BCUT2D eigenvalue weighted by molar-refractivity contribution is 5.75. The van der Waals surface area contributed by atoms with Gasteiger partial charge in [0.2, 0.25) is 0 Å². The Morgan fingerprint density at radius 1 is 0.750 bits per heavy atom. The maximum absolute atomic E-state index is 2.27. The second-order valence-corrected chi connectivity index (χ2v) is 3.42. The summed E-state index contributed by atoms with van der Waals surface area (Å²) in [5.41, 5.74) is 5.89. The van der Waals surface area contributed by atoms with Gasteiger partial charge in [0.15, 0.2) is 0 Å². The summed E-state index contributed by atoms with van der Waals surface area (Å²) in [5.74, 6) is 0. The van der Waals surface area contributed by atoms with Crippen molar-refractivity contribution in [2.75, 3.05) is 0 Å². The number of allylic oxidation sites excluding steroid dienone is 2. The van der Waals surface area contributed by atoms with Crippen LogP contribution in [0.25, 0.3) is 12.2 Å². The Morgan fingerprint density at radius 3 is 1.75 bits per heavy atom. The summed E-state index contributed by atoms with van der Waals surface area (Å²) in [7, 11) is 0. The first-order valence-electron chi connectivity index (χ1n) is 4.43. The molecular formula is C12H10. The van der Waals surface area contributed by atoms with Crippen LogP contribution in [0.15, 0.2) is 24.3 Å². The summed E-state index contributed by atoms with van der Waals surface area (Å²) in [6.07, 6.45) is 11.2. The molecule has 0 heteroatoms. The molecule has 0 N–H and O–H groups in total. The first-order valence-corrected chi connectivity index (χ1v) is 4.43. The first-order chi connectivity index (χ1) is 5.95. The van der Waals surface area contributed by atoms with Crippen LogP contribution in [-0.4, -0.2) is 0 Å². The molecule has 0 saturated heterocycles. The molecule has 0 bridgehead atoms. The Kier molecular flexibility index (Phi) is 1.09. The molecule has 0 radical (unpaired) electrons. The molecule has 1 aromatic rings. The molecule has 1 aromatic carbocycles. The average Bonchev–Trinajstić information content (AvgIpc) is 2.71. The van der Waals surface area contributed by atoms with Crippen LogP contribution < -0.4 is 0 Å².